The van der Waals surface area contributed by atoms with Crippen LogP contribution < -0.4 is 4.74 Å². The monoisotopic (exact) mass is 377 g/mol. The number of rotatable bonds is 5. The van der Waals surface area contributed by atoms with Gasteiger partial charge in [-0.25, -0.2) is 0 Å². The van der Waals surface area contributed by atoms with Gasteiger partial charge in [-0.2, -0.15) is 0 Å². The lowest BCUT2D eigenvalue weighted by atomic mass is 10.1. The van der Waals surface area contributed by atoms with E-state index in [4.69, 9.17) is 4.74 Å². The number of hydrogen-bond donors (Lipinski definition) is 1. The predicted molar refractivity (Wildman–Crippen MR) is 88.8 cm³/mol. The molecule has 0 saturated heterocycles. The van der Waals surface area contributed by atoms with Crippen LogP contribution in [0.1, 0.15) is 15.9 Å². The summed E-state index contributed by atoms with van der Waals surface area (Å²) in [5.74, 6) is -0.131. The molecule has 7 heteroatoms. The van der Waals surface area contributed by atoms with Gasteiger partial charge in [-0.3, -0.25) is 14.9 Å². The fourth-order valence-corrected chi connectivity index (χ4v) is 2.35. The average Bonchev–Trinajstić information content (AvgIpc) is 2.55. The summed E-state index contributed by atoms with van der Waals surface area (Å²) in [6.07, 6.45) is 2.84. The predicted octanol–water partition coefficient (Wildman–Crippen LogP) is 3.97. The Labute approximate surface area is 140 Å². The van der Waals surface area contributed by atoms with Gasteiger partial charge < -0.3 is 9.84 Å². The number of allylic oxidation sites excluding steroid dienone is 1. The average molecular weight is 378 g/mol. The van der Waals surface area contributed by atoms with Gasteiger partial charge in [0.15, 0.2) is 17.3 Å². The van der Waals surface area contributed by atoms with Gasteiger partial charge in [0.25, 0.3) is 5.69 Å². The Balaban J connectivity index is 2.26. The number of methoxy groups -OCH3 is 1. The molecule has 0 radical (unpaired) electrons. The van der Waals surface area contributed by atoms with Crippen LogP contribution in [-0.2, 0) is 0 Å². The lowest BCUT2D eigenvalue weighted by Crippen LogP contribution is -1.96. The topological polar surface area (TPSA) is 89.7 Å². The highest BCUT2D eigenvalue weighted by atomic mass is 79.9. The van der Waals surface area contributed by atoms with Crippen LogP contribution in [0, 0.1) is 10.1 Å². The number of carbonyl (C=O) groups excluding carboxylic acids is 1. The lowest BCUT2D eigenvalue weighted by molar-refractivity contribution is -0.384. The highest BCUT2D eigenvalue weighted by Gasteiger charge is 2.10. The van der Waals surface area contributed by atoms with E-state index >= 15 is 0 Å². The first-order chi connectivity index (χ1) is 10.9. The van der Waals surface area contributed by atoms with Crippen molar-refractivity contribution < 1.29 is 19.6 Å². The van der Waals surface area contributed by atoms with Gasteiger partial charge >= 0.3 is 0 Å². The Bertz CT molecular complexity index is 801. The third kappa shape index (κ3) is 3.95. The molecule has 118 valence electrons. The molecular formula is C16H12BrNO5. The highest BCUT2D eigenvalue weighted by molar-refractivity contribution is 9.10. The quantitative estimate of drug-likeness (QED) is 0.368. The summed E-state index contributed by atoms with van der Waals surface area (Å²) in [6, 6.07) is 8.70. The first kappa shape index (κ1) is 16.7. The summed E-state index contributed by atoms with van der Waals surface area (Å²) in [7, 11) is 1.42. The normalized spacial score (nSPS) is 10.7. The van der Waals surface area contributed by atoms with Gasteiger partial charge in [-0.05, 0) is 39.7 Å². The summed E-state index contributed by atoms with van der Waals surface area (Å²) in [4.78, 5) is 22.3. The van der Waals surface area contributed by atoms with Crippen LogP contribution in [0.4, 0.5) is 5.69 Å². The Hall–Kier alpha value is -2.67. The molecular weight excluding hydrogens is 366 g/mol. The molecule has 0 aliphatic carbocycles. The first-order valence-corrected chi connectivity index (χ1v) is 7.25. The molecule has 6 nitrogen and oxygen atoms in total. The van der Waals surface area contributed by atoms with Crippen molar-refractivity contribution in [2.45, 2.75) is 0 Å². The number of nitro groups is 1. The third-order valence-electron chi connectivity index (χ3n) is 3.04. The second-order valence-electron chi connectivity index (χ2n) is 4.56. The number of benzene rings is 2. The fraction of sp³-hybridized carbons (Fsp3) is 0.0625. The van der Waals surface area contributed by atoms with Crippen molar-refractivity contribution in [3.8, 4) is 11.5 Å². The van der Waals surface area contributed by atoms with Crippen LogP contribution in [-0.4, -0.2) is 22.9 Å². The molecule has 0 spiro atoms. The molecule has 0 atom stereocenters. The number of carbonyl (C=O) groups is 1. The fourth-order valence-electron chi connectivity index (χ4n) is 1.89. The van der Waals surface area contributed by atoms with Crippen LogP contribution in [0.25, 0.3) is 6.08 Å². The second kappa shape index (κ2) is 7.06. The second-order valence-corrected chi connectivity index (χ2v) is 5.41. The number of ketones is 1. The van der Waals surface area contributed by atoms with Crippen LogP contribution in [0.3, 0.4) is 0 Å². The van der Waals surface area contributed by atoms with Gasteiger partial charge in [-0.15, -0.1) is 0 Å². The van der Waals surface area contributed by atoms with E-state index in [1.54, 1.807) is 12.1 Å². The van der Waals surface area contributed by atoms with Crippen molar-refractivity contribution >= 4 is 33.5 Å². The molecule has 2 rings (SSSR count). The summed E-state index contributed by atoms with van der Waals surface area (Å²) in [6.45, 7) is 0. The molecule has 1 N–H and O–H groups in total. The molecule has 23 heavy (non-hydrogen) atoms. The van der Waals surface area contributed by atoms with Crippen molar-refractivity contribution in [1.29, 1.82) is 0 Å². The Morgan fingerprint density at radius 3 is 2.74 bits per heavy atom. The molecule has 0 unspecified atom stereocenters. The Morgan fingerprint density at radius 2 is 2.09 bits per heavy atom. The molecule has 0 amide bonds. The van der Waals surface area contributed by atoms with Gasteiger partial charge in [0.2, 0.25) is 0 Å². The van der Waals surface area contributed by atoms with Crippen LogP contribution in [0.5, 0.6) is 11.5 Å². The number of hydrogen-bond acceptors (Lipinski definition) is 5. The third-order valence-corrected chi connectivity index (χ3v) is 3.64. The molecule has 0 saturated carbocycles. The number of non-ortho nitro benzene ring substituents is 1. The van der Waals surface area contributed by atoms with E-state index in [1.807, 2.05) is 0 Å². The minimum atomic E-state index is -0.553. The van der Waals surface area contributed by atoms with Crippen LogP contribution >= 0.6 is 15.9 Å². The van der Waals surface area contributed by atoms with Crippen molar-refractivity contribution in [2.24, 2.45) is 0 Å². The van der Waals surface area contributed by atoms with E-state index in [0.29, 0.717) is 10.0 Å². The molecule has 0 aromatic heterocycles. The van der Waals surface area contributed by atoms with E-state index in [-0.39, 0.29) is 28.5 Å². The van der Waals surface area contributed by atoms with E-state index in [0.717, 1.165) is 0 Å². The molecule has 0 aliphatic rings. The van der Waals surface area contributed by atoms with Crippen molar-refractivity contribution in [3.05, 3.63) is 68.2 Å². The number of phenolic OH excluding ortho intramolecular Hbond substituents is 1. The molecule has 0 fully saturated rings. The van der Waals surface area contributed by atoms with Crippen molar-refractivity contribution in [3.63, 3.8) is 0 Å². The van der Waals surface area contributed by atoms with E-state index in [2.05, 4.69) is 15.9 Å². The maximum absolute atomic E-state index is 12.1. The minimum absolute atomic E-state index is 0.0327. The largest absolute Gasteiger partial charge is 0.503 e. The lowest BCUT2D eigenvalue weighted by Gasteiger charge is -2.06. The van der Waals surface area contributed by atoms with Gasteiger partial charge in [0.05, 0.1) is 16.5 Å². The van der Waals surface area contributed by atoms with Gasteiger partial charge in [0, 0.05) is 17.7 Å². The minimum Gasteiger partial charge on any atom is -0.503 e. The van der Waals surface area contributed by atoms with Gasteiger partial charge in [0.1, 0.15) is 0 Å². The molecule has 2 aromatic carbocycles. The van der Waals surface area contributed by atoms with Gasteiger partial charge in [-0.1, -0.05) is 18.2 Å². The zero-order valence-corrected chi connectivity index (χ0v) is 13.6. The number of nitro benzene ring substituents is 1. The van der Waals surface area contributed by atoms with Crippen molar-refractivity contribution in [2.75, 3.05) is 7.11 Å². The van der Waals surface area contributed by atoms with Crippen LogP contribution in [0.15, 0.2) is 46.9 Å². The standard InChI is InChI=1S/C16H12BrNO5/c1-23-15-8-10(7-13(17)16(15)20)5-6-14(19)11-3-2-4-12(9-11)18(21)22/h2-9,20H,1H3/b6-5+. The zero-order chi connectivity index (χ0) is 17.0. The Kier molecular flexibility index (Phi) is 5.13. The maximum Gasteiger partial charge on any atom is 0.270 e. The van der Waals surface area contributed by atoms with E-state index in [9.17, 15) is 20.0 Å². The molecule has 0 bridgehead atoms. The summed E-state index contributed by atoms with van der Waals surface area (Å²) < 4.78 is 5.46. The number of aromatic hydroxyl groups is 1. The van der Waals surface area contributed by atoms with Crippen LogP contribution in [0.2, 0.25) is 0 Å². The summed E-state index contributed by atoms with van der Waals surface area (Å²) in [5.41, 5.74) is 0.712. The number of phenols is 1. The summed E-state index contributed by atoms with van der Waals surface area (Å²) >= 11 is 3.19. The molecule has 0 aliphatic heterocycles. The Morgan fingerprint density at radius 1 is 1.35 bits per heavy atom. The summed E-state index contributed by atoms with van der Waals surface area (Å²) in [5, 5.41) is 20.5. The number of nitrogens with zero attached hydrogens (tertiary/aromatic N) is 1. The molecule has 0 heterocycles. The number of ether oxygens (including phenoxy) is 1. The molecule has 2 aromatic rings. The highest BCUT2D eigenvalue weighted by Crippen LogP contribution is 2.35. The number of halogens is 1. The SMILES string of the molecule is COc1cc(/C=C/C(=O)c2cccc([N+](=O)[O-])c2)cc(Br)c1O. The van der Waals surface area contributed by atoms with E-state index < -0.39 is 4.92 Å². The van der Waals surface area contributed by atoms with E-state index in [1.165, 1.54) is 43.5 Å². The maximum atomic E-state index is 12.1. The smallest absolute Gasteiger partial charge is 0.270 e. The zero-order valence-electron chi connectivity index (χ0n) is 12.0. The first-order valence-electron chi connectivity index (χ1n) is 6.45. The van der Waals surface area contributed by atoms with Crippen molar-refractivity contribution in [1.82, 2.24) is 0 Å².